The fraction of sp³-hybridized carbons (Fsp3) is 0.118. The van der Waals surface area contributed by atoms with Crippen LogP contribution in [0.2, 0.25) is 10.0 Å². The molecule has 0 N–H and O–H groups in total. The molecule has 0 aromatic heterocycles. The van der Waals surface area contributed by atoms with Crippen LogP contribution < -0.4 is 4.90 Å². The number of amides is 1. The highest BCUT2D eigenvalue weighted by atomic mass is 35.5. The second kappa shape index (κ2) is 6.03. The zero-order valence-electron chi connectivity index (χ0n) is 11.8. The zero-order chi connectivity index (χ0) is 15.7. The Morgan fingerprint density at radius 2 is 1.68 bits per heavy atom. The number of benzene rings is 2. The molecule has 3 nitrogen and oxygen atoms in total. The van der Waals surface area contributed by atoms with Crippen molar-refractivity contribution in [1.82, 2.24) is 0 Å². The summed E-state index contributed by atoms with van der Waals surface area (Å²) in [5.74, 6) is 0.480. The fourth-order valence-corrected chi connectivity index (χ4v) is 2.91. The van der Waals surface area contributed by atoms with Crippen molar-refractivity contribution in [2.75, 3.05) is 11.6 Å². The summed E-state index contributed by atoms with van der Waals surface area (Å²) in [7, 11) is 0. The Morgan fingerprint density at radius 1 is 1.05 bits per heavy atom. The van der Waals surface area contributed by atoms with Crippen molar-refractivity contribution in [2.45, 2.75) is 6.92 Å². The molecule has 0 spiro atoms. The molecule has 0 saturated carbocycles. The minimum atomic E-state index is -0.131. The van der Waals surface area contributed by atoms with Crippen LogP contribution in [0.15, 0.2) is 54.3 Å². The molecule has 0 saturated heterocycles. The number of rotatable bonds is 2. The third kappa shape index (κ3) is 2.82. The van der Waals surface area contributed by atoms with Gasteiger partial charge in [0.1, 0.15) is 5.76 Å². The van der Waals surface area contributed by atoms with Gasteiger partial charge in [0.05, 0.1) is 11.3 Å². The number of hydrogen-bond donors (Lipinski definition) is 0. The van der Waals surface area contributed by atoms with Crippen molar-refractivity contribution < 1.29 is 9.53 Å². The first-order valence-electron chi connectivity index (χ1n) is 6.73. The van der Waals surface area contributed by atoms with E-state index in [-0.39, 0.29) is 12.6 Å². The zero-order valence-corrected chi connectivity index (χ0v) is 13.4. The Hall–Kier alpha value is -1.97. The second-order valence-corrected chi connectivity index (χ2v) is 5.80. The average Bonchev–Trinajstić information content (AvgIpc) is 2.47. The van der Waals surface area contributed by atoms with E-state index in [9.17, 15) is 4.79 Å². The van der Waals surface area contributed by atoms with Gasteiger partial charge in [0.15, 0.2) is 6.73 Å². The molecule has 0 radical (unpaired) electrons. The topological polar surface area (TPSA) is 29.5 Å². The predicted octanol–water partition coefficient (Wildman–Crippen LogP) is 4.75. The predicted molar refractivity (Wildman–Crippen MR) is 88.9 cm³/mol. The molecule has 1 amide bonds. The molecular weight excluding hydrogens is 321 g/mol. The molecule has 1 aliphatic rings. The molecule has 2 aromatic rings. The maximum absolute atomic E-state index is 12.9. The summed E-state index contributed by atoms with van der Waals surface area (Å²) >= 11 is 12.0. The summed E-state index contributed by atoms with van der Waals surface area (Å²) in [4.78, 5) is 14.4. The molecule has 0 unspecified atom stereocenters. The van der Waals surface area contributed by atoms with E-state index in [0.29, 0.717) is 27.1 Å². The second-order valence-electron chi connectivity index (χ2n) is 4.93. The van der Waals surface area contributed by atoms with Gasteiger partial charge in [-0.1, -0.05) is 53.5 Å². The summed E-state index contributed by atoms with van der Waals surface area (Å²) < 4.78 is 5.66. The van der Waals surface area contributed by atoms with E-state index in [0.717, 1.165) is 5.56 Å². The van der Waals surface area contributed by atoms with Gasteiger partial charge in [-0.15, -0.1) is 0 Å². The third-order valence-corrected chi connectivity index (χ3v) is 3.88. The molecule has 3 rings (SSSR count). The minimum Gasteiger partial charge on any atom is -0.476 e. The molecule has 0 aliphatic carbocycles. The first-order chi connectivity index (χ1) is 10.6. The van der Waals surface area contributed by atoms with Gasteiger partial charge < -0.3 is 4.74 Å². The van der Waals surface area contributed by atoms with Gasteiger partial charge in [-0.2, -0.15) is 0 Å². The highest BCUT2D eigenvalue weighted by Crippen LogP contribution is 2.32. The van der Waals surface area contributed by atoms with Crippen molar-refractivity contribution in [3.8, 4) is 0 Å². The number of allylic oxidation sites excluding steroid dienone is 1. The molecule has 5 heteroatoms. The smallest absolute Gasteiger partial charge is 0.265 e. The Labute approximate surface area is 138 Å². The quantitative estimate of drug-likeness (QED) is 0.793. The molecule has 0 atom stereocenters. The first kappa shape index (κ1) is 14.9. The van der Waals surface area contributed by atoms with E-state index in [4.69, 9.17) is 27.9 Å². The van der Waals surface area contributed by atoms with Gasteiger partial charge in [0, 0.05) is 10.0 Å². The molecule has 22 heavy (non-hydrogen) atoms. The lowest BCUT2D eigenvalue weighted by Crippen LogP contribution is -2.37. The van der Waals surface area contributed by atoms with Crippen LogP contribution in [0.1, 0.15) is 12.5 Å². The molecule has 0 bridgehead atoms. The summed E-state index contributed by atoms with van der Waals surface area (Å²) in [6.45, 7) is 1.93. The van der Waals surface area contributed by atoms with Gasteiger partial charge >= 0.3 is 0 Å². The van der Waals surface area contributed by atoms with Crippen LogP contribution in [0.25, 0.3) is 5.57 Å². The van der Waals surface area contributed by atoms with Gasteiger partial charge in [0.2, 0.25) is 0 Å². The van der Waals surface area contributed by atoms with Crippen molar-refractivity contribution in [3.63, 3.8) is 0 Å². The van der Waals surface area contributed by atoms with Gasteiger partial charge in [-0.05, 0) is 30.7 Å². The molecule has 112 valence electrons. The van der Waals surface area contributed by atoms with Crippen LogP contribution in [0, 0.1) is 0 Å². The minimum absolute atomic E-state index is 0.131. The largest absolute Gasteiger partial charge is 0.476 e. The van der Waals surface area contributed by atoms with Crippen LogP contribution in [0.4, 0.5) is 5.69 Å². The van der Waals surface area contributed by atoms with Gasteiger partial charge in [0.25, 0.3) is 5.91 Å². The van der Waals surface area contributed by atoms with Crippen molar-refractivity contribution in [3.05, 3.63) is 69.9 Å². The normalized spacial score (nSPS) is 15.0. The fourth-order valence-electron chi connectivity index (χ4n) is 2.40. The number of halogens is 2. The Kier molecular flexibility index (Phi) is 4.10. The molecule has 1 heterocycles. The number of hydrogen-bond acceptors (Lipinski definition) is 2. The number of carbonyl (C=O) groups excluding carboxylic acids is 1. The summed E-state index contributed by atoms with van der Waals surface area (Å²) in [5.41, 5.74) is 1.98. The van der Waals surface area contributed by atoms with E-state index < -0.39 is 0 Å². The highest BCUT2D eigenvalue weighted by Gasteiger charge is 2.29. The Morgan fingerprint density at radius 3 is 2.32 bits per heavy atom. The number of anilines is 1. The van der Waals surface area contributed by atoms with E-state index in [1.54, 1.807) is 25.1 Å². The van der Waals surface area contributed by atoms with Crippen LogP contribution in [-0.4, -0.2) is 12.6 Å². The molecular formula is C17H13Cl2NO2. The number of carbonyl (C=O) groups is 1. The maximum Gasteiger partial charge on any atom is 0.265 e. The maximum atomic E-state index is 12.9. The van der Waals surface area contributed by atoms with Crippen molar-refractivity contribution >= 4 is 40.4 Å². The number of nitrogens with zero attached hydrogens (tertiary/aromatic N) is 1. The van der Waals surface area contributed by atoms with Crippen LogP contribution in [0.5, 0.6) is 0 Å². The van der Waals surface area contributed by atoms with E-state index >= 15 is 0 Å². The van der Waals surface area contributed by atoms with E-state index in [1.165, 1.54) is 4.90 Å². The lowest BCUT2D eigenvalue weighted by molar-refractivity contribution is -0.115. The Balaban J connectivity index is 2.02. The Bertz CT molecular complexity index is 736. The van der Waals surface area contributed by atoms with Crippen LogP contribution in [0.3, 0.4) is 0 Å². The van der Waals surface area contributed by atoms with E-state index in [1.807, 2.05) is 30.3 Å². The SMILES string of the molecule is CC1=C(c2ccccc2)C(=O)N(c2cc(Cl)cc(Cl)c2)CO1. The highest BCUT2D eigenvalue weighted by molar-refractivity contribution is 6.35. The summed E-state index contributed by atoms with van der Waals surface area (Å²) in [5, 5.41) is 0.950. The summed E-state index contributed by atoms with van der Waals surface area (Å²) in [6.07, 6.45) is 0. The standard InChI is InChI=1S/C17H13Cl2NO2/c1-11-16(12-5-3-2-4-6-12)17(21)20(10-22-11)15-8-13(18)7-14(19)9-15/h2-9H,10H2,1H3. The van der Waals surface area contributed by atoms with Crippen molar-refractivity contribution in [2.24, 2.45) is 0 Å². The van der Waals surface area contributed by atoms with Crippen LogP contribution in [-0.2, 0) is 9.53 Å². The first-order valence-corrected chi connectivity index (χ1v) is 7.49. The summed E-state index contributed by atoms with van der Waals surface area (Å²) in [6, 6.07) is 14.5. The monoisotopic (exact) mass is 333 g/mol. The molecule has 1 aliphatic heterocycles. The van der Waals surface area contributed by atoms with Crippen molar-refractivity contribution in [1.29, 1.82) is 0 Å². The van der Waals surface area contributed by atoms with Gasteiger partial charge in [-0.3, -0.25) is 9.69 Å². The lowest BCUT2D eigenvalue weighted by atomic mass is 10.0. The molecule has 2 aromatic carbocycles. The third-order valence-electron chi connectivity index (χ3n) is 3.44. The number of ether oxygens (including phenoxy) is 1. The average molecular weight is 334 g/mol. The van der Waals surface area contributed by atoms with E-state index in [2.05, 4.69) is 0 Å². The van der Waals surface area contributed by atoms with Gasteiger partial charge in [-0.25, -0.2) is 0 Å². The van der Waals surface area contributed by atoms with Crippen LogP contribution >= 0.6 is 23.2 Å². The molecule has 0 fully saturated rings. The lowest BCUT2D eigenvalue weighted by Gasteiger charge is -2.30.